The molecule has 1 aromatic carbocycles. The molecule has 0 atom stereocenters. The summed E-state index contributed by atoms with van der Waals surface area (Å²) >= 11 is 0. The van der Waals surface area contributed by atoms with Gasteiger partial charge in [-0.2, -0.15) is 5.10 Å². The van der Waals surface area contributed by atoms with E-state index in [9.17, 15) is 0 Å². The van der Waals surface area contributed by atoms with Crippen LogP contribution in [0.25, 0.3) is 11.0 Å². The number of benzene rings is 1. The predicted octanol–water partition coefficient (Wildman–Crippen LogP) is 3.26. The Morgan fingerprint density at radius 3 is 2.50 bits per heavy atom. The molecule has 5 rings (SSSR count). The number of anilines is 1. The fraction of sp³-hybridized carbons (Fsp3) is 0.450. The lowest BCUT2D eigenvalue weighted by Crippen LogP contribution is -2.32. The molecule has 0 aliphatic heterocycles. The van der Waals surface area contributed by atoms with Gasteiger partial charge in [-0.25, -0.2) is 9.97 Å². The molecule has 2 N–H and O–H groups in total. The van der Waals surface area contributed by atoms with Crippen molar-refractivity contribution in [3.05, 3.63) is 47.9 Å². The minimum Gasteiger partial charge on any atom is -0.374 e. The molecule has 0 saturated heterocycles. The Kier molecular flexibility index (Phi) is 4.05. The van der Waals surface area contributed by atoms with Crippen molar-refractivity contribution in [2.45, 2.75) is 56.8 Å². The summed E-state index contributed by atoms with van der Waals surface area (Å²) < 4.78 is 6.42. The highest BCUT2D eigenvalue weighted by Crippen LogP contribution is 2.30. The monoisotopic (exact) mass is 349 g/mol. The van der Waals surface area contributed by atoms with Crippen molar-refractivity contribution in [2.75, 3.05) is 5.32 Å². The van der Waals surface area contributed by atoms with Crippen molar-refractivity contribution < 1.29 is 4.74 Å². The SMILES string of the molecule is c1ccc2c(c1)CC(O[C@H]1CC[C@H](Nc3ncnc4[nH]ncc34)CC1)C2. The Balaban J connectivity index is 1.15. The summed E-state index contributed by atoms with van der Waals surface area (Å²) in [6, 6.07) is 9.16. The maximum atomic E-state index is 6.42. The zero-order valence-corrected chi connectivity index (χ0v) is 14.7. The maximum absolute atomic E-state index is 6.42. The fourth-order valence-corrected chi connectivity index (χ4v) is 4.30. The number of aromatic amines is 1. The van der Waals surface area contributed by atoms with Crippen molar-refractivity contribution in [3.8, 4) is 0 Å². The Morgan fingerprint density at radius 2 is 1.73 bits per heavy atom. The molecule has 0 radical (unpaired) electrons. The van der Waals surface area contributed by atoms with Crippen LogP contribution in [0.2, 0.25) is 0 Å². The predicted molar refractivity (Wildman–Crippen MR) is 100 cm³/mol. The Morgan fingerprint density at radius 1 is 0.962 bits per heavy atom. The van der Waals surface area contributed by atoms with Crippen LogP contribution in [0.15, 0.2) is 36.8 Å². The van der Waals surface area contributed by atoms with Crippen LogP contribution in [0.3, 0.4) is 0 Å². The van der Waals surface area contributed by atoms with Gasteiger partial charge in [-0.05, 0) is 49.7 Å². The maximum Gasteiger partial charge on any atom is 0.160 e. The number of ether oxygens (including phenoxy) is 1. The Labute approximate surface area is 152 Å². The lowest BCUT2D eigenvalue weighted by molar-refractivity contribution is -0.0256. The van der Waals surface area contributed by atoms with Crippen LogP contribution in [0, 0.1) is 0 Å². The molecule has 0 unspecified atom stereocenters. The van der Waals surface area contributed by atoms with E-state index < -0.39 is 0 Å². The molecule has 2 heterocycles. The van der Waals surface area contributed by atoms with Gasteiger partial charge in [0.25, 0.3) is 0 Å². The second kappa shape index (κ2) is 6.68. The molecule has 2 aliphatic rings. The van der Waals surface area contributed by atoms with Crippen molar-refractivity contribution in [3.63, 3.8) is 0 Å². The largest absolute Gasteiger partial charge is 0.374 e. The van der Waals surface area contributed by atoms with Gasteiger partial charge in [0, 0.05) is 6.04 Å². The van der Waals surface area contributed by atoms with Crippen LogP contribution in [0.1, 0.15) is 36.8 Å². The lowest BCUT2D eigenvalue weighted by atomic mass is 9.92. The van der Waals surface area contributed by atoms with Gasteiger partial charge in [0.1, 0.15) is 12.1 Å². The molecular weight excluding hydrogens is 326 g/mol. The number of hydrogen-bond acceptors (Lipinski definition) is 5. The number of nitrogens with one attached hydrogen (secondary N) is 2. The number of rotatable bonds is 4. The number of aromatic nitrogens is 4. The molecule has 2 aromatic heterocycles. The molecule has 0 bridgehead atoms. The fourth-order valence-electron chi connectivity index (χ4n) is 4.30. The van der Waals surface area contributed by atoms with Crippen LogP contribution in [0.5, 0.6) is 0 Å². The second-order valence-corrected chi connectivity index (χ2v) is 7.41. The van der Waals surface area contributed by atoms with Gasteiger partial charge in [0.2, 0.25) is 0 Å². The third-order valence-corrected chi connectivity index (χ3v) is 5.66. The van der Waals surface area contributed by atoms with Gasteiger partial charge >= 0.3 is 0 Å². The quantitative estimate of drug-likeness (QED) is 0.756. The summed E-state index contributed by atoms with van der Waals surface area (Å²) in [7, 11) is 0. The molecule has 2 aliphatic carbocycles. The minimum atomic E-state index is 0.356. The molecule has 134 valence electrons. The highest BCUT2D eigenvalue weighted by Gasteiger charge is 2.28. The molecule has 0 spiro atoms. The first-order valence-electron chi connectivity index (χ1n) is 9.48. The highest BCUT2D eigenvalue weighted by atomic mass is 16.5. The summed E-state index contributed by atoms with van der Waals surface area (Å²) in [6.45, 7) is 0. The first-order chi connectivity index (χ1) is 12.8. The van der Waals surface area contributed by atoms with Gasteiger partial charge in [-0.1, -0.05) is 24.3 Å². The third kappa shape index (κ3) is 3.05. The molecule has 1 saturated carbocycles. The van der Waals surface area contributed by atoms with Gasteiger partial charge in [-0.3, -0.25) is 5.10 Å². The van der Waals surface area contributed by atoms with Crippen LogP contribution in [-0.2, 0) is 17.6 Å². The van der Waals surface area contributed by atoms with E-state index >= 15 is 0 Å². The summed E-state index contributed by atoms with van der Waals surface area (Å²) in [5.74, 6) is 0.874. The Bertz CT molecular complexity index is 875. The summed E-state index contributed by atoms with van der Waals surface area (Å²) in [5, 5.41) is 11.5. The van der Waals surface area contributed by atoms with E-state index in [1.807, 2.05) is 0 Å². The number of fused-ring (bicyclic) bond motifs is 2. The number of hydrogen-bond donors (Lipinski definition) is 2. The lowest BCUT2D eigenvalue weighted by Gasteiger charge is -2.31. The standard InChI is InChI=1S/C20H23N5O/c1-2-4-14-10-17(9-13(14)3-1)26-16-7-5-15(6-8-16)24-19-18-11-23-25-20(18)22-12-21-19/h1-4,11-12,15-17H,5-10H2,(H2,21,22,23,24,25)/t15-,16-. The van der Waals surface area contributed by atoms with Crippen molar-refractivity contribution >= 4 is 16.9 Å². The van der Waals surface area contributed by atoms with Crippen molar-refractivity contribution in [1.29, 1.82) is 0 Å². The molecule has 6 heteroatoms. The van der Waals surface area contributed by atoms with E-state index in [4.69, 9.17) is 4.74 Å². The normalized spacial score (nSPS) is 23.2. The zero-order chi connectivity index (χ0) is 17.3. The van der Waals surface area contributed by atoms with Crippen LogP contribution in [0.4, 0.5) is 5.82 Å². The van der Waals surface area contributed by atoms with E-state index in [1.165, 1.54) is 11.1 Å². The van der Waals surface area contributed by atoms with Crippen LogP contribution in [-0.4, -0.2) is 38.4 Å². The summed E-state index contributed by atoms with van der Waals surface area (Å²) in [6.07, 6.45) is 10.6. The van der Waals surface area contributed by atoms with E-state index in [0.717, 1.165) is 55.4 Å². The molecule has 1 fully saturated rings. The van der Waals surface area contributed by atoms with Gasteiger partial charge < -0.3 is 10.1 Å². The van der Waals surface area contributed by atoms with Crippen LogP contribution < -0.4 is 5.32 Å². The van der Waals surface area contributed by atoms with E-state index in [0.29, 0.717) is 18.2 Å². The summed E-state index contributed by atoms with van der Waals surface area (Å²) in [4.78, 5) is 8.58. The molecule has 0 amide bonds. The van der Waals surface area contributed by atoms with Gasteiger partial charge in [0.15, 0.2) is 5.65 Å². The first-order valence-corrected chi connectivity index (χ1v) is 9.48. The minimum absolute atomic E-state index is 0.356. The zero-order valence-electron chi connectivity index (χ0n) is 14.7. The second-order valence-electron chi connectivity index (χ2n) is 7.41. The molecule has 6 nitrogen and oxygen atoms in total. The molecule has 3 aromatic rings. The van der Waals surface area contributed by atoms with E-state index in [-0.39, 0.29) is 0 Å². The van der Waals surface area contributed by atoms with E-state index in [1.54, 1.807) is 12.5 Å². The average molecular weight is 349 g/mol. The molecule has 26 heavy (non-hydrogen) atoms. The first kappa shape index (κ1) is 15.8. The van der Waals surface area contributed by atoms with Crippen molar-refractivity contribution in [2.24, 2.45) is 0 Å². The molecular formula is C20H23N5O. The Hall–Kier alpha value is -2.47. The van der Waals surface area contributed by atoms with E-state index in [2.05, 4.69) is 49.7 Å². The topological polar surface area (TPSA) is 75.7 Å². The average Bonchev–Trinajstić information content (AvgIpc) is 3.30. The number of nitrogens with zero attached hydrogens (tertiary/aromatic N) is 3. The third-order valence-electron chi connectivity index (χ3n) is 5.66. The van der Waals surface area contributed by atoms with Crippen LogP contribution >= 0.6 is 0 Å². The van der Waals surface area contributed by atoms with Gasteiger partial charge in [-0.15, -0.1) is 0 Å². The number of H-pyrrole nitrogens is 1. The summed E-state index contributed by atoms with van der Waals surface area (Å²) in [5.41, 5.74) is 3.70. The van der Waals surface area contributed by atoms with Crippen molar-refractivity contribution in [1.82, 2.24) is 20.2 Å². The van der Waals surface area contributed by atoms with Gasteiger partial charge in [0.05, 0.1) is 23.8 Å². The highest BCUT2D eigenvalue weighted by molar-refractivity contribution is 5.85. The smallest absolute Gasteiger partial charge is 0.160 e.